The molecule has 1 heterocycles. The zero-order valence-electron chi connectivity index (χ0n) is 16.4. The van der Waals surface area contributed by atoms with Crippen LogP contribution in [0.2, 0.25) is 0 Å². The van der Waals surface area contributed by atoms with Crippen molar-refractivity contribution >= 4 is 5.90 Å². The molecular formula is C22H39NO. The standard InChI is InChI=1S/C22H39NO/c1-4-5-6-7-8-9-10-11-12-13-14-15-16-17-18-19-21-23-22(2,3)20-24-21/h5-6,8-9H,4,7,10-20H2,1-3H3/b6-5-,9-8-. The van der Waals surface area contributed by atoms with Gasteiger partial charge in [0.15, 0.2) is 5.90 Å². The number of aliphatic imine (C=N–C) groups is 1. The molecule has 0 radical (unpaired) electrons. The Morgan fingerprint density at radius 1 is 0.875 bits per heavy atom. The number of nitrogens with zero attached hydrogens (tertiary/aromatic N) is 1. The van der Waals surface area contributed by atoms with Crippen molar-refractivity contribution in [3.63, 3.8) is 0 Å². The molecule has 0 atom stereocenters. The molecule has 138 valence electrons. The van der Waals surface area contributed by atoms with Gasteiger partial charge in [0.2, 0.25) is 0 Å². The SMILES string of the molecule is CC/C=C\C/C=C\CCCCCCCCCCC1=NC(C)(C)CO1. The summed E-state index contributed by atoms with van der Waals surface area (Å²) in [5.74, 6) is 0.984. The van der Waals surface area contributed by atoms with Gasteiger partial charge >= 0.3 is 0 Å². The maximum Gasteiger partial charge on any atom is 0.183 e. The third kappa shape index (κ3) is 11.5. The highest BCUT2D eigenvalue weighted by Crippen LogP contribution is 2.20. The van der Waals surface area contributed by atoms with Crippen LogP contribution in [0.1, 0.15) is 97.8 Å². The van der Waals surface area contributed by atoms with Gasteiger partial charge in [0, 0.05) is 6.42 Å². The molecule has 0 saturated heterocycles. The van der Waals surface area contributed by atoms with Crippen molar-refractivity contribution in [2.75, 3.05) is 6.61 Å². The molecule has 1 rings (SSSR count). The minimum Gasteiger partial charge on any atom is -0.478 e. The van der Waals surface area contributed by atoms with E-state index in [1.54, 1.807) is 0 Å². The molecular weight excluding hydrogens is 294 g/mol. The largest absolute Gasteiger partial charge is 0.478 e. The van der Waals surface area contributed by atoms with Crippen molar-refractivity contribution in [2.45, 2.75) is 103 Å². The van der Waals surface area contributed by atoms with Crippen LogP contribution in [-0.2, 0) is 4.74 Å². The van der Waals surface area contributed by atoms with E-state index < -0.39 is 0 Å². The van der Waals surface area contributed by atoms with E-state index in [1.807, 2.05) is 0 Å². The predicted molar refractivity (Wildman–Crippen MR) is 107 cm³/mol. The second kappa shape index (κ2) is 13.3. The van der Waals surface area contributed by atoms with Gasteiger partial charge in [-0.1, -0.05) is 69.8 Å². The Hall–Kier alpha value is -1.05. The van der Waals surface area contributed by atoms with Crippen LogP contribution in [0.25, 0.3) is 0 Å². The number of unbranched alkanes of at least 4 members (excludes halogenated alkanes) is 8. The summed E-state index contributed by atoms with van der Waals surface area (Å²) in [5.41, 5.74) is 0.0106. The summed E-state index contributed by atoms with van der Waals surface area (Å²) < 4.78 is 5.63. The summed E-state index contributed by atoms with van der Waals surface area (Å²) in [6.07, 6.45) is 24.5. The van der Waals surface area contributed by atoms with E-state index in [0.29, 0.717) is 0 Å². The first-order chi connectivity index (χ1) is 11.6. The summed E-state index contributed by atoms with van der Waals surface area (Å²) in [6.45, 7) is 7.21. The maximum absolute atomic E-state index is 5.63. The van der Waals surface area contributed by atoms with Gasteiger partial charge in [-0.2, -0.15) is 0 Å². The smallest absolute Gasteiger partial charge is 0.183 e. The van der Waals surface area contributed by atoms with E-state index in [0.717, 1.165) is 31.8 Å². The summed E-state index contributed by atoms with van der Waals surface area (Å²) in [7, 11) is 0. The van der Waals surface area contributed by atoms with Gasteiger partial charge < -0.3 is 4.74 Å². The van der Waals surface area contributed by atoms with Crippen LogP contribution < -0.4 is 0 Å². The average Bonchev–Trinajstić information content (AvgIpc) is 2.90. The Morgan fingerprint density at radius 2 is 1.50 bits per heavy atom. The van der Waals surface area contributed by atoms with E-state index in [1.165, 1.54) is 57.8 Å². The van der Waals surface area contributed by atoms with Gasteiger partial charge in [0.05, 0.1) is 5.54 Å². The van der Waals surface area contributed by atoms with E-state index in [2.05, 4.69) is 50.1 Å². The fourth-order valence-corrected chi connectivity index (χ4v) is 2.94. The molecule has 0 fully saturated rings. The molecule has 1 aliphatic heterocycles. The molecule has 1 aliphatic rings. The van der Waals surface area contributed by atoms with Crippen LogP contribution in [-0.4, -0.2) is 18.0 Å². The van der Waals surface area contributed by atoms with Crippen molar-refractivity contribution < 1.29 is 4.74 Å². The first-order valence-electron chi connectivity index (χ1n) is 10.2. The molecule has 0 N–H and O–H groups in total. The molecule has 2 nitrogen and oxygen atoms in total. The Kier molecular flexibility index (Phi) is 11.6. The van der Waals surface area contributed by atoms with E-state index in [-0.39, 0.29) is 5.54 Å². The maximum atomic E-state index is 5.63. The molecule has 0 aliphatic carbocycles. The topological polar surface area (TPSA) is 21.6 Å². The molecule has 0 saturated carbocycles. The second-order valence-electron chi connectivity index (χ2n) is 7.56. The number of rotatable bonds is 14. The highest BCUT2D eigenvalue weighted by molar-refractivity contribution is 5.78. The fourth-order valence-electron chi connectivity index (χ4n) is 2.94. The second-order valence-corrected chi connectivity index (χ2v) is 7.56. The number of hydrogen-bond donors (Lipinski definition) is 0. The van der Waals surface area contributed by atoms with Crippen LogP contribution in [0.3, 0.4) is 0 Å². The molecule has 0 aromatic carbocycles. The van der Waals surface area contributed by atoms with Crippen LogP contribution in [0, 0.1) is 0 Å². The lowest BCUT2D eigenvalue weighted by molar-refractivity contribution is 0.273. The lowest BCUT2D eigenvalue weighted by Crippen LogP contribution is -2.17. The highest BCUT2D eigenvalue weighted by Gasteiger charge is 2.25. The van der Waals surface area contributed by atoms with Crippen LogP contribution in [0.4, 0.5) is 0 Å². The van der Waals surface area contributed by atoms with Crippen molar-refractivity contribution in [2.24, 2.45) is 4.99 Å². The third-order valence-corrected chi connectivity index (χ3v) is 4.37. The first kappa shape index (κ1) is 21.0. The van der Waals surface area contributed by atoms with Gasteiger partial charge in [0.25, 0.3) is 0 Å². The third-order valence-electron chi connectivity index (χ3n) is 4.37. The summed E-state index contributed by atoms with van der Waals surface area (Å²) in [4.78, 5) is 4.61. The molecule has 0 unspecified atom stereocenters. The van der Waals surface area contributed by atoms with Gasteiger partial charge in [-0.15, -0.1) is 0 Å². The number of ether oxygens (including phenoxy) is 1. The molecule has 0 aromatic rings. The Bertz CT molecular complexity index is 393. The summed E-state index contributed by atoms with van der Waals surface area (Å²) in [5, 5.41) is 0. The minimum atomic E-state index is 0.0106. The summed E-state index contributed by atoms with van der Waals surface area (Å²) in [6, 6.07) is 0. The molecule has 0 bridgehead atoms. The molecule has 0 amide bonds. The van der Waals surface area contributed by atoms with Crippen LogP contribution >= 0.6 is 0 Å². The Balaban J connectivity index is 1.80. The van der Waals surface area contributed by atoms with Crippen LogP contribution in [0.5, 0.6) is 0 Å². The molecule has 0 spiro atoms. The first-order valence-corrected chi connectivity index (χ1v) is 10.2. The summed E-state index contributed by atoms with van der Waals surface area (Å²) >= 11 is 0. The van der Waals surface area contributed by atoms with Crippen LogP contribution in [0.15, 0.2) is 29.3 Å². The number of hydrogen-bond acceptors (Lipinski definition) is 2. The molecule has 0 aromatic heterocycles. The Labute approximate surface area is 150 Å². The normalized spacial score (nSPS) is 16.9. The lowest BCUT2D eigenvalue weighted by atomic mass is 10.1. The van der Waals surface area contributed by atoms with Gasteiger partial charge in [-0.25, -0.2) is 4.99 Å². The Morgan fingerprint density at radius 3 is 2.12 bits per heavy atom. The van der Waals surface area contributed by atoms with Gasteiger partial charge in [-0.05, 0) is 46.0 Å². The van der Waals surface area contributed by atoms with Gasteiger partial charge in [0.1, 0.15) is 6.61 Å². The number of allylic oxidation sites excluding steroid dienone is 4. The minimum absolute atomic E-state index is 0.0106. The zero-order chi connectivity index (χ0) is 17.5. The van der Waals surface area contributed by atoms with Crippen molar-refractivity contribution in [3.8, 4) is 0 Å². The molecule has 24 heavy (non-hydrogen) atoms. The predicted octanol–water partition coefficient (Wildman–Crippen LogP) is 7.01. The molecule has 2 heteroatoms. The zero-order valence-corrected chi connectivity index (χ0v) is 16.4. The fraction of sp³-hybridized carbons (Fsp3) is 0.773. The lowest BCUT2D eigenvalue weighted by Gasteiger charge is -2.07. The quantitative estimate of drug-likeness (QED) is 0.247. The monoisotopic (exact) mass is 333 g/mol. The van der Waals surface area contributed by atoms with Crippen molar-refractivity contribution in [1.82, 2.24) is 0 Å². The highest BCUT2D eigenvalue weighted by atomic mass is 16.5. The van der Waals surface area contributed by atoms with Crippen molar-refractivity contribution in [1.29, 1.82) is 0 Å². The average molecular weight is 334 g/mol. The van der Waals surface area contributed by atoms with E-state index in [9.17, 15) is 0 Å². The van der Waals surface area contributed by atoms with Crippen molar-refractivity contribution in [3.05, 3.63) is 24.3 Å². The van der Waals surface area contributed by atoms with E-state index in [4.69, 9.17) is 4.74 Å². The van der Waals surface area contributed by atoms with E-state index >= 15 is 0 Å². The van der Waals surface area contributed by atoms with Gasteiger partial charge in [-0.3, -0.25) is 0 Å².